The third kappa shape index (κ3) is 5.21. The van der Waals surface area contributed by atoms with E-state index in [1.165, 1.54) is 5.56 Å². The summed E-state index contributed by atoms with van der Waals surface area (Å²) in [5.74, 6) is 0.0464. The zero-order valence-corrected chi connectivity index (χ0v) is 13.1. The smallest absolute Gasteiger partial charge is 0.239 e. The van der Waals surface area contributed by atoms with E-state index in [0.717, 1.165) is 25.2 Å². The van der Waals surface area contributed by atoms with Crippen LogP contribution in [0.4, 0.5) is 5.69 Å². The van der Waals surface area contributed by atoms with Crippen LogP contribution in [0.2, 0.25) is 0 Å². The highest BCUT2D eigenvalue weighted by Crippen LogP contribution is 2.20. The average Bonchev–Trinajstić information content (AvgIpc) is 2.44. The molecule has 0 bridgehead atoms. The predicted molar refractivity (Wildman–Crippen MR) is 85.0 cm³/mol. The van der Waals surface area contributed by atoms with Crippen LogP contribution in [0.25, 0.3) is 0 Å². The van der Waals surface area contributed by atoms with E-state index in [-0.39, 0.29) is 5.91 Å². The van der Waals surface area contributed by atoms with Crippen molar-refractivity contribution in [2.75, 3.05) is 25.0 Å². The molecule has 0 heterocycles. The van der Waals surface area contributed by atoms with Crippen molar-refractivity contribution in [3.63, 3.8) is 0 Å². The first-order valence-electron chi connectivity index (χ1n) is 7.35. The second-order valence-corrected chi connectivity index (χ2v) is 5.26. The van der Waals surface area contributed by atoms with Crippen molar-refractivity contribution in [3.8, 4) is 0 Å². The Kier molecular flexibility index (Phi) is 7.09. The van der Waals surface area contributed by atoms with Crippen LogP contribution in [-0.2, 0) is 11.3 Å². The Balaban J connectivity index is 2.90. The van der Waals surface area contributed by atoms with Crippen LogP contribution < -0.4 is 15.5 Å². The number of para-hydroxylation sites is 1. The number of hydrogen-bond acceptors (Lipinski definition) is 3. The summed E-state index contributed by atoms with van der Waals surface area (Å²) < 4.78 is 0. The summed E-state index contributed by atoms with van der Waals surface area (Å²) in [7, 11) is 1.68. The Morgan fingerprint density at radius 2 is 2.00 bits per heavy atom. The van der Waals surface area contributed by atoms with Crippen LogP contribution in [0, 0.1) is 0 Å². The quantitative estimate of drug-likeness (QED) is 0.765. The number of nitrogens with one attached hydrogen (secondary N) is 2. The van der Waals surface area contributed by atoms with Gasteiger partial charge in [0.05, 0.1) is 6.54 Å². The minimum Gasteiger partial charge on any atom is -0.362 e. The molecule has 2 N–H and O–H groups in total. The zero-order chi connectivity index (χ0) is 15.0. The molecular formula is C16H27N3O. The first-order chi connectivity index (χ1) is 9.58. The number of carbonyl (C=O) groups is 1. The summed E-state index contributed by atoms with van der Waals surface area (Å²) in [6, 6.07) is 8.74. The van der Waals surface area contributed by atoms with Gasteiger partial charge in [0.2, 0.25) is 5.91 Å². The Morgan fingerprint density at radius 3 is 2.60 bits per heavy atom. The number of nitrogens with zero attached hydrogens (tertiary/aromatic N) is 1. The van der Waals surface area contributed by atoms with E-state index in [1.807, 2.05) is 12.1 Å². The van der Waals surface area contributed by atoms with Crippen LogP contribution >= 0.6 is 0 Å². The van der Waals surface area contributed by atoms with Gasteiger partial charge in [-0.2, -0.15) is 0 Å². The van der Waals surface area contributed by atoms with Gasteiger partial charge < -0.3 is 15.5 Å². The van der Waals surface area contributed by atoms with E-state index < -0.39 is 0 Å². The van der Waals surface area contributed by atoms with Crippen LogP contribution in [0.3, 0.4) is 0 Å². The maximum Gasteiger partial charge on any atom is 0.239 e. The highest BCUT2D eigenvalue weighted by molar-refractivity contribution is 5.81. The molecule has 0 unspecified atom stereocenters. The molecule has 1 aromatic rings. The predicted octanol–water partition coefficient (Wildman–Crippen LogP) is 2.15. The van der Waals surface area contributed by atoms with Gasteiger partial charge in [0.15, 0.2) is 0 Å². The lowest BCUT2D eigenvalue weighted by molar-refractivity contribution is -0.119. The van der Waals surface area contributed by atoms with Gasteiger partial charge in [-0.1, -0.05) is 39.0 Å². The second-order valence-electron chi connectivity index (χ2n) is 5.26. The lowest BCUT2D eigenvalue weighted by atomic mass is 10.1. The molecule has 1 aromatic carbocycles. The van der Waals surface area contributed by atoms with Crippen LogP contribution in [0.5, 0.6) is 0 Å². The molecule has 4 nitrogen and oxygen atoms in total. The number of benzene rings is 1. The van der Waals surface area contributed by atoms with Gasteiger partial charge in [0.25, 0.3) is 0 Å². The molecule has 0 atom stereocenters. The summed E-state index contributed by atoms with van der Waals surface area (Å²) in [6.07, 6.45) is 1.02. The minimum atomic E-state index is 0.0464. The molecular weight excluding hydrogens is 250 g/mol. The highest BCUT2D eigenvalue weighted by Gasteiger charge is 2.13. The van der Waals surface area contributed by atoms with E-state index >= 15 is 0 Å². The van der Waals surface area contributed by atoms with E-state index in [9.17, 15) is 4.79 Å². The van der Waals surface area contributed by atoms with Crippen LogP contribution in [-0.4, -0.2) is 32.1 Å². The number of likely N-dealkylation sites (N-methyl/N-ethyl adjacent to an activating group) is 1. The topological polar surface area (TPSA) is 44.4 Å². The zero-order valence-electron chi connectivity index (χ0n) is 13.1. The summed E-state index contributed by atoms with van der Waals surface area (Å²) >= 11 is 0. The van der Waals surface area contributed by atoms with Crippen LogP contribution in [0.15, 0.2) is 24.3 Å². The molecule has 0 aliphatic heterocycles. The number of rotatable bonds is 8. The van der Waals surface area contributed by atoms with Gasteiger partial charge in [0.1, 0.15) is 0 Å². The Bertz CT molecular complexity index is 418. The highest BCUT2D eigenvalue weighted by atomic mass is 16.1. The van der Waals surface area contributed by atoms with Gasteiger partial charge >= 0.3 is 0 Å². The van der Waals surface area contributed by atoms with E-state index in [4.69, 9.17) is 0 Å². The van der Waals surface area contributed by atoms with Gasteiger partial charge in [-0.05, 0) is 18.1 Å². The molecule has 0 saturated heterocycles. The maximum absolute atomic E-state index is 11.7. The Hall–Kier alpha value is -1.55. The van der Waals surface area contributed by atoms with Crippen molar-refractivity contribution in [1.82, 2.24) is 10.6 Å². The monoisotopic (exact) mass is 277 g/mol. The molecule has 0 aromatic heterocycles. The second kappa shape index (κ2) is 8.59. The molecule has 0 aliphatic rings. The third-order valence-corrected chi connectivity index (χ3v) is 3.14. The molecule has 0 fully saturated rings. The Morgan fingerprint density at radius 1 is 1.30 bits per heavy atom. The molecule has 1 rings (SSSR count). The van der Waals surface area contributed by atoms with E-state index in [2.05, 4.69) is 48.4 Å². The van der Waals surface area contributed by atoms with Crippen molar-refractivity contribution in [2.24, 2.45) is 0 Å². The van der Waals surface area contributed by atoms with Gasteiger partial charge in [0, 0.05) is 31.9 Å². The first kappa shape index (κ1) is 16.5. The normalized spacial score (nSPS) is 10.7. The largest absolute Gasteiger partial charge is 0.362 e. The fraction of sp³-hybridized carbons (Fsp3) is 0.562. The van der Waals surface area contributed by atoms with Gasteiger partial charge in [-0.15, -0.1) is 0 Å². The SMILES string of the molecule is CCCN(CC(=O)NC)c1ccccc1CNC(C)C. The van der Waals surface area contributed by atoms with E-state index in [1.54, 1.807) is 7.05 Å². The van der Waals surface area contributed by atoms with Gasteiger partial charge in [-0.3, -0.25) is 4.79 Å². The molecule has 20 heavy (non-hydrogen) atoms. The average molecular weight is 277 g/mol. The Labute approximate surface area is 122 Å². The standard InChI is InChI=1S/C16H27N3O/c1-5-10-19(12-16(20)17-4)15-9-7-6-8-14(15)11-18-13(2)3/h6-9,13,18H,5,10-12H2,1-4H3,(H,17,20). The van der Waals surface area contributed by atoms with Crippen molar-refractivity contribution in [1.29, 1.82) is 0 Å². The van der Waals surface area contributed by atoms with Crippen LogP contribution in [0.1, 0.15) is 32.8 Å². The fourth-order valence-corrected chi connectivity index (χ4v) is 2.09. The molecule has 1 amide bonds. The van der Waals surface area contributed by atoms with E-state index in [0.29, 0.717) is 12.6 Å². The molecule has 0 radical (unpaired) electrons. The summed E-state index contributed by atoms with van der Waals surface area (Å²) in [6.45, 7) is 8.51. The fourth-order valence-electron chi connectivity index (χ4n) is 2.09. The number of anilines is 1. The third-order valence-electron chi connectivity index (χ3n) is 3.14. The molecule has 0 saturated carbocycles. The molecule has 0 spiro atoms. The molecule has 0 aliphatic carbocycles. The summed E-state index contributed by atoms with van der Waals surface area (Å²) in [5, 5.41) is 6.14. The minimum absolute atomic E-state index is 0.0464. The number of hydrogen-bond donors (Lipinski definition) is 2. The van der Waals surface area contributed by atoms with Gasteiger partial charge in [-0.25, -0.2) is 0 Å². The summed E-state index contributed by atoms with van der Waals surface area (Å²) in [5.41, 5.74) is 2.38. The number of amides is 1. The lowest BCUT2D eigenvalue weighted by Crippen LogP contribution is -2.37. The molecule has 112 valence electrons. The maximum atomic E-state index is 11.7. The van der Waals surface area contributed by atoms with Crippen molar-refractivity contribution < 1.29 is 4.79 Å². The molecule has 4 heteroatoms. The summed E-state index contributed by atoms with van der Waals surface area (Å²) in [4.78, 5) is 13.8. The first-order valence-corrected chi connectivity index (χ1v) is 7.35. The van der Waals surface area contributed by atoms with Crippen molar-refractivity contribution in [3.05, 3.63) is 29.8 Å². The van der Waals surface area contributed by atoms with Crippen molar-refractivity contribution >= 4 is 11.6 Å². The lowest BCUT2D eigenvalue weighted by Gasteiger charge is -2.26. The number of carbonyl (C=O) groups excluding carboxylic acids is 1. The van der Waals surface area contributed by atoms with Crippen molar-refractivity contribution in [2.45, 2.75) is 39.8 Å².